The Bertz CT molecular complexity index is 442. The molecule has 1 aromatic rings. The van der Waals surface area contributed by atoms with Crippen LogP contribution in [0.25, 0.3) is 0 Å². The van der Waals surface area contributed by atoms with Gasteiger partial charge in [-0.1, -0.05) is 12.1 Å². The van der Waals surface area contributed by atoms with E-state index < -0.39 is 24.5 Å². The van der Waals surface area contributed by atoms with Gasteiger partial charge < -0.3 is 20.4 Å². The molecule has 6 nitrogen and oxygen atoms in total. The smallest absolute Gasteiger partial charge is 0.328 e. The maximum atomic E-state index is 11.8. The summed E-state index contributed by atoms with van der Waals surface area (Å²) in [6.45, 7) is 0.121. The Kier molecular flexibility index (Phi) is 5.47. The van der Waals surface area contributed by atoms with Crippen molar-refractivity contribution in [3.05, 3.63) is 35.4 Å². The van der Waals surface area contributed by atoms with Crippen molar-refractivity contribution in [2.45, 2.75) is 12.6 Å². The minimum atomic E-state index is -1.28. The second kappa shape index (κ2) is 6.86. The minimum absolute atomic E-state index is 0.363. The van der Waals surface area contributed by atoms with Crippen LogP contribution in [0.1, 0.15) is 15.9 Å². The van der Waals surface area contributed by atoms with Crippen LogP contribution in [0.2, 0.25) is 0 Å². The van der Waals surface area contributed by atoms with Crippen LogP contribution in [0.15, 0.2) is 24.3 Å². The summed E-state index contributed by atoms with van der Waals surface area (Å²) in [6.07, 6.45) is 0. The van der Waals surface area contributed by atoms with Crippen molar-refractivity contribution in [2.75, 3.05) is 20.7 Å². The number of aliphatic hydroxyl groups is 1. The Morgan fingerprint density at radius 3 is 2.26 bits per heavy atom. The molecule has 0 fully saturated rings. The number of carboxylic acid groups (broad SMARTS) is 1. The van der Waals surface area contributed by atoms with Gasteiger partial charge >= 0.3 is 5.97 Å². The van der Waals surface area contributed by atoms with Crippen LogP contribution in [0.5, 0.6) is 0 Å². The number of nitrogens with one attached hydrogen (secondary N) is 1. The molecule has 6 heteroatoms. The molecule has 1 rings (SSSR count). The molecule has 0 spiro atoms. The third-order valence-corrected chi connectivity index (χ3v) is 2.50. The lowest BCUT2D eigenvalue weighted by Gasteiger charge is -2.12. The van der Waals surface area contributed by atoms with Crippen molar-refractivity contribution in [3.8, 4) is 0 Å². The molecule has 1 unspecified atom stereocenters. The third kappa shape index (κ3) is 4.69. The summed E-state index contributed by atoms with van der Waals surface area (Å²) in [7, 11) is 3.89. The predicted molar refractivity (Wildman–Crippen MR) is 69.8 cm³/mol. The van der Waals surface area contributed by atoms with Gasteiger partial charge in [0.05, 0.1) is 6.61 Å². The Balaban J connectivity index is 2.70. The van der Waals surface area contributed by atoms with Crippen molar-refractivity contribution in [1.29, 1.82) is 0 Å². The van der Waals surface area contributed by atoms with E-state index in [9.17, 15) is 9.59 Å². The molecular formula is C13H18N2O4. The van der Waals surface area contributed by atoms with Crippen LogP contribution < -0.4 is 5.32 Å². The normalized spacial score (nSPS) is 12.2. The quantitative estimate of drug-likeness (QED) is 0.670. The summed E-state index contributed by atoms with van der Waals surface area (Å²) >= 11 is 0. The Morgan fingerprint density at radius 2 is 1.84 bits per heavy atom. The van der Waals surface area contributed by atoms with E-state index in [-0.39, 0.29) is 0 Å². The third-order valence-electron chi connectivity index (χ3n) is 2.50. The van der Waals surface area contributed by atoms with Crippen molar-refractivity contribution in [2.24, 2.45) is 0 Å². The van der Waals surface area contributed by atoms with Gasteiger partial charge in [-0.05, 0) is 31.8 Å². The summed E-state index contributed by atoms with van der Waals surface area (Å²) in [5, 5.41) is 19.8. The zero-order valence-corrected chi connectivity index (χ0v) is 11.0. The second-order valence-corrected chi connectivity index (χ2v) is 4.48. The first-order valence-corrected chi connectivity index (χ1v) is 5.82. The average molecular weight is 266 g/mol. The van der Waals surface area contributed by atoms with Gasteiger partial charge in [0.25, 0.3) is 5.91 Å². The van der Waals surface area contributed by atoms with E-state index in [0.717, 1.165) is 12.1 Å². The number of aliphatic hydroxyl groups excluding tert-OH is 1. The largest absolute Gasteiger partial charge is 0.480 e. The van der Waals surface area contributed by atoms with Crippen molar-refractivity contribution < 1.29 is 19.8 Å². The fraction of sp³-hybridized carbons (Fsp3) is 0.385. The molecule has 0 aliphatic rings. The summed E-state index contributed by atoms with van der Waals surface area (Å²) in [4.78, 5) is 24.4. The molecule has 1 amide bonds. The number of hydrogen-bond donors (Lipinski definition) is 3. The monoisotopic (exact) mass is 266 g/mol. The Hall–Kier alpha value is -1.92. The molecule has 0 saturated heterocycles. The van der Waals surface area contributed by atoms with Gasteiger partial charge in [0.15, 0.2) is 6.04 Å². The van der Waals surface area contributed by atoms with E-state index in [1.54, 1.807) is 12.1 Å². The first kappa shape index (κ1) is 15.1. The molecule has 0 radical (unpaired) electrons. The van der Waals surface area contributed by atoms with Gasteiger partial charge in [-0.3, -0.25) is 4.79 Å². The highest BCUT2D eigenvalue weighted by molar-refractivity contribution is 5.96. The fourth-order valence-corrected chi connectivity index (χ4v) is 1.55. The van der Waals surface area contributed by atoms with E-state index in [1.165, 1.54) is 0 Å². The van der Waals surface area contributed by atoms with Gasteiger partial charge in [0.2, 0.25) is 0 Å². The van der Waals surface area contributed by atoms with Gasteiger partial charge in [0.1, 0.15) is 0 Å². The van der Waals surface area contributed by atoms with Crippen LogP contribution >= 0.6 is 0 Å². The maximum absolute atomic E-state index is 11.8. The maximum Gasteiger partial charge on any atom is 0.328 e. The summed E-state index contributed by atoms with van der Waals surface area (Å²) in [5.41, 5.74) is 1.42. The number of nitrogens with zero attached hydrogens (tertiary/aromatic N) is 1. The van der Waals surface area contributed by atoms with Crippen LogP contribution in [0, 0.1) is 0 Å². The predicted octanol–water partition coefficient (Wildman–Crippen LogP) is -0.0765. The van der Waals surface area contributed by atoms with Gasteiger partial charge in [0, 0.05) is 12.1 Å². The van der Waals surface area contributed by atoms with E-state index in [0.29, 0.717) is 5.56 Å². The highest BCUT2D eigenvalue weighted by atomic mass is 16.4. The highest BCUT2D eigenvalue weighted by Gasteiger charge is 2.19. The molecule has 104 valence electrons. The highest BCUT2D eigenvalue weighted by Crippen LogP contribution is 2.06. The summed E-state index contributed by atoms with van der Waals surface area (Å²) in [6, 6.07) is 5.59. The topological polar surface area (TPSA) is 89.9 Å². The van der Waals surface area contributed by atoms with Gasteiger partial charge in [-0.2, -0.15) is 0 Å². The Labute approximate surface area is 111 Å². The number of carbonyl (C=O) groups excluding carboxylic acids is 1. The summed E-state index contributed by atoms with van der Waals surface area (Å²) < 4.78 is 0. The Morgan fingerprint density at radius 1 is 1.26 bits per heavy atom. The molecule has 0 aromatic heterocycles. The number of aliphatic carboxylic acids is 1. The van der Waals surface area contributed by atoms with E-state index in [1.807, 2.05) is 31.1 Å². The molecule has 0 heterocycles. The van der Waals surface area contributed by atoms with E-state index >= 15 is 0 Å². The van der Waals surface area contributed by atoms with E-state index in [2.05, 4.69) is 5.32 Å². The SMILES string of the molecule is CN(C)Cc1ccc(C(=O)NC(CO)C(=O)O)cc1. The number of benzene rings is 1. The minimum Gasteiger partial charge on any atom is -0.480 e. The first-order valence-electron chi connectivity index (χ1n) is 5.82. The van der Waals surface area contributed by atoms with Gasteiger partial charge in [-0.25, -0.2) is 4.79 Å². The van der Waals surface area contributed by atoms with Crippen LogP contribution in [-0.4, -0.2) is 53.7 Å². The molecule has 0 aliphatic carbocycles. The summed E-state index contributed by atoms with van der Waals surface area (Å²) in [5.74, 6) is -1.78. The molecule has 1 aromatic carbocycles. The molecule has 19 heavy (non-hydrogen) atoms. The van der Waals surface area contributed by atoms with Crippen LogP contribution in [0.3, 0.4) is 0 Å². The number of rotatable bonds is 6. The number of carbonyl (C=O) groups is 2. The molecule has 0 aliphatic heterocycles. The van der Waals surface area contributed by atoms with Crippen molar-refractivity contribution >= 4 is 11.9 Å². The number of carboxylic acids is 1. The van der Waals surface area contributed by atoms with E-state index in [4.69, 9.17) is 10.2 Å². The zero-order valence-electron chi connectivity index (χ0n) is 11.0. The lowest BCUT2D eigenvalue weighted by Crippen LogP contribution is -2.43. The second-order valence-electron chi connectivity index (χ2n) is 4.48. The van der Waals surface area contributed by atoms with Crippen LogP contribution in [-0.2, 0) is 11.3 Å². The molecular weight excluding hydrogens is 248 g/mol. The van der Waals surface area contributed by atoms with Crippen LogP contribution in [0.4, 0.5) is 0 Å². The van der Waals surface area contributed by atoms with Crippen molar-refractivity contribution in [3.63, 3.8) is 0 Å². The molecule has 0 bridgehead atoms. The zero-order chi connectivity index (χ0) is 14.4. The number of hydrogen-bond acceptors (Lipinski definition) is 4. The fourth-order valence-electron chi connectivity index (χ4n) is 1.55. The number of amides is 1. The first-order chi connectivity index (χ1) is 8.93. The lowest BCUT2D eigenvalue weighted by molar-refractivity contribution is -0.140. The average Bonchev–Trinajstić information content (AvgIpc) is 2.35. The van der Waals surface area contributed by atoms with Gasteiger partial charge in [-0.15, -0.1) is 0 Å². The molecule has 3 N–H and O–H groups in total. The van der Waals surface area contributed by atoms with Crippen molar-refractivity contribution in [1.82, 2.24) is 10.2 Å². The lowest BCUT2D eigenvalue weighted by atomic mass is 10.1. The molecule has 1 atom stereocenters. The standard InChI is InChI=1S/C13H18N2O4/c1-15(2)7-9-3-5-10(6-4-9)12(17)14-11(8-16)13(18)19/h3-6,11,16H,7-8H2,1-2H3,(H,14,17)(H,18,19). The molecule has 0 saturated carbocycles.